The molecule has 0 saturated heterocycles. The lowest BCUT2D eigenvalue weighted by molar-refractivity contribution is -0.117. The van der Waals surface area contributed by atoms with Gasteiger partial charge in [-0.05, 0) is 43.4 Å². The fourth-order valence-electron chi connectivity index (χ4n) is 3.39. The molecule has 1 aliphatic rings. The molecule has 1 saturated carbocycles. The van der Waals surface area contributed by atoms with Gasteiger partial charge in [0, 0.05) is 18.8 Å². The smallest absolute Gasteiger partial charge is 0.243 e. The van der Waals surface area contributed by atoms with E-state index in [9.17, 15) is 13.2 Å². The highest BCUT2D eigenvalue weighted by atomic mass is 35.5. The van der Waals surface area contributed by atoms with Crippen molar-refractivity contribution in [3.63, 3.8) is 0 Å². The SMILES string of the molecule is CC(C)C[C@H](N)C(=O)Nc1cccc(S(=O)(=O)N(C)C2CCCCC2)c1.Cl. The molecule has 1 amide bonds. The Morgan fingerprint density at radius 1 is 1.26 bits per heavy atom. The Kier molecular flexibility index (Phi) is 9.21. The molecule has 0 unspecified atom stereocenters. The van der Waals surface area contributed by atoms with Gasteiger partial charge in [0.25, 0.3) is 0 Å². The summed E-state index contributed by atoms with van der Waals surface area (Å²) in [6.07, 6.45) is 5.67. The Labute approximate surface area is 169 Å². The van der Waals surface area contributed by atoms with Crippen LogP contribution in [0.5, 0.6) is 0 Å². The third-order valence-electron chi connectivity index (χ3n) is 4.93. The molecule has 0 heterocycles. The zero-order chi connectivity index (χ0) is 19.3. The van der Waals surface area contributed by atoms with Crippen molar-refractivity contribution >= 4 is 34.0 Å². The van der Waals surface area contributed by atoms with Gasteiger partial charge < -0.3 is 11.1 Å². The molecule has 2 rings (SSSR count). The monoisotopic (exact) mass is 417 g/mol. The van der Waals surface area contributed by atoms with Gasteiger partial charge in [-0.3, -0.25) is 4.79 Å². The largest absolute Gasteiger partial charge is 0.325 e. The van der Waals surface area contributed by atoms with Crippen LogP contribution < -0.4 is 11.1 Å². The Balaban J connectivity index is 0.00000364. The molecule has 1 atom stereocenters. The first-order chi connectivity index (χ1) is 12.2. The van der Waals surface area contributed by atoms with Crippen LogP contribution in [-0.2, 0) is 14.8 Å². The van der Waals surface area contributed by atoms with Crippen LogP contribution in [-0.4, -0.2) is 37.8 Å². The molecule has 0 aliphatic heterocycles. The maximum absolute atomic E-state index is 12.9. The van der Waals surface area contributed by atoms with E-state index in [-0.39, 0.29) is 29.3 Å². The van der Waals surface area contributed by atoms with Crippen LogP contribution in [0.1, 0.15) is 52.4 Å². The lowest BCUT2D eigenvalue weighted by Crippen LogP contribution is -2.38. The normalized spacial score (nSPS) is 16.8. The number of hydrogen-bond acceptors (Lipinski definition) is 4. The average molecular weight is 418 g/mol. The van der Waals surface area contributed by atoms with E-state index in [4.69, 9.17) is 5.73 Å². The van der Waals surface area contributed by atoms with Crippen LogP contribution >= 0.6 is 12.4 Å². The van der Waals surface area contributed by atoms with E-state index < -0.39 is 16.1 Å². The van der Waals surface area contributed by atoms with E-state index in [2.05, 4.69) is 5.32 Å². The maximum atomic E-state index is 12.9. The first kappa shape index (κ1) is 23.9. The van der Waals surface area contributed by atoms with Crippen LogP contribution in [0.2, 0.25) is 0 Å². The molecule has 0 aromatic heterocycles. The first-order valence-corrected chi connectivity index (χ1v) is 10.8. The molecule has 0 radical (unpaired) electrons. The number of sulfonamides is 1. The quantitative estimate of drug-likeness (QED) is 0.711. The van der Waals surface area contributed by atoms with Crippen molar-refractivity contribution in [3.05, 3.63) is 24.3 Å². The molecule has 1 aliphatic carbocycles. The molecule has 8 heteroatoms. The number of nitrogens with zero attached hydrogens (tertiary/aromatic N) is 1. The van der Waals surface area contributed by atoms with Crippen LogP contribution in [0.15, 0.2) is 29.2 Å². The minimum Gasteiger partial charge on any atom is -0.325 e. The summed E-state index contributed by atoms with van der Waals surface area (Å²) >= 11 is 0. The third kappa shape index (κ3) is 6.45. The minimum absolute atomic E-state index is 0. The van der Waals surface area contributed by atoms with Gasteiger partial charge in [0.05, 0.1) is 10.9 Å². The highest BCUT2D eigenvalue weighted by Crippen LogP contribution is 2.27. The Hall–Kier alpha value is -1.15. The summed E-state index contributed by atoms with van der Waals surface area (Å²) < 4.78 is 27.4. The molecule has 154 valence electrons. The van der Waals surface area contributed by atoms with Crippen LogP contribution in [0, 0.1) is 5.92 Å². The number of nitrogens with two attached hydrogens (primary N) is 1. The number of benzene rings is 1. The summed E-state index contributed by atoms with van der Waals surface area (Å²) in [6.45, 7) is 4.00. The molecular formula is C19H32ClN3O3S. The van der Waals surface area contributed by atoms with Gasteiger partial charge in [-0.15, -0.1) is 12.4 Å². The summed E-state index contributed by atoms with van der Waals surface area (Å²) in [6, 6.07) is 5.84. The van der Waals surface area contributed by atoms with Crippen LogP contribution in [0.25, 0.3) is 0 Å². The number of carbonyl (C=O) groups is 1. The van der Waals surface area contributed by atoms with E-state index in [0.29, 0.717) is 18.0 Å². The topological polar surface area (TPSA) is 92.5 Å². The van der Waals surface area contributed by atoms with Crippen molar-refractivity contribution in [2.45, 2.75) is 69.4 Å². The highest BCUT2D eigenvalue weighted by molar-refractivity contribution is 7.89. The van der Waals surface area contributed by atoms with Gasteiger partial charge in [0.15, 0.2) is 0 Å². The predicted octanol–water partition coefficient (Wildman–Crippen LogP) is 3.37. The Morgan fingerprint density at radius 3 is 2.48 bits per heavy atom. The van der Waals surface area contributed by atoms with E-state index >= 15 is 0 Å². The number of anilines is 1. The molecule has 0 bridgehead atoms. The van der Waals surface area contributed by atoms with Crippen LogP contribution in [0.4, 0.5) is 5.69 Å². The summed E-state index contributed by atoms with van der Waals surface area (Å²) in [7, 11) is -1.94. The zero-order valence-electron chi connectivity index (χ0n) is 16.3. The van der Waals surface area contributed by atoms with Crippen LogP contribution in [0.3, 0.4) is 0 Å². The van der Waals surface area contributed by atoms with Crippen molar-refractivity contribution < 1.29 is 13.2 Å². The van der Waals surface area contributed by atoms with E-state index in [0.717, 1.165) is 25.7 Å². The van der Waals surface area contributed by atoms with Gasteiger partial charge in [0.2, 0.25) is 15.9 Å². The van der Waals surface area contributed by atoms with Crippen molar-refractivity contribution in [3.8, 4) is 0 Å². The third-order valence-corrected chi connectivity index (χ3v) is 6.84. The van der Waals surface area contributed by atoms with Gasteiger partial charge >= 0.3 is 0 Å². The average Bonchev–Trinajstić information content (AvgIpc) is 2.61. The maximum Gasteiger partial charge on any atom is 0.243 e. The fraction of sp³-hybridized carbons (Fsp3) is 0.632. The number of hydrogen-bond donors (Lipinski definition) is 2. The number of rotatable bonds is 7. The van der Waals surface area contributed by atoms with Gasteiger partial charge in [-0.25, -0.2) is 8.42 Å². The summed E-state index contributed by atoms with van der Waals surface area (Å²) in [5.41, 5.74) is 6.35. The number of nitrogens with one attached hydrogen (secondary N) is 1. The van der Waals surface area contributed by atoms with Gasteiger partial charge in [-0.1, -0.05) is 39.2 Å². The lowest BCUT2D eigenvalue weighted by atomic mass is 9.96. The second-order valence-corrected chi connectivity index (χ2v) is 9.56. The molecule has 6 nitrogen and oxygen atoms in total. The summed E-state index contributed by atoms with van der Waals surface area (Å²) in [5, 5.41) is 2.73. The molecule has 1 fully saturated rings. The fourth-order valence-corrected chi connectivity index (χ4v) is 4.85. The predicted molar refractivity (Wildman–Crippen MR) is 112 cm³/mol. The number of carbonyl (C=O) groups excluding carboxylic acids is 1. The van der Waals surface area contributed by atoms with Crippen molar-refractivity contribution in [2.75, 3.05) is 12.4 Å². The van der Waals surface area contributed by atoms with E-state index in [1.54, 1.807) is 25.2 Å². The van der Waals surface area contributed by atoms with E-state index in [1.165, 1.54) is 16.8 Å². The molecule has 0 spiro atoms. The second kappa shape index (κ2) is 10.4. The lowest BCUT2D eigenvalue weighted by Gasteiger charge is -2.30. The zero-order valence-corrected chi connectivity index (χ0v) is 18.0. The molecular weight excluding hydrogens is 386 g/mol. The van der Waals surface area contributed by atoms with E-state index in [1.807, 2.05) is 13.8 Å². The number of amides is 1. The molecule has 1 aromatic rings. The molecule has 27 heavy (non-hydrogen) atoms. The molecule has 1 aromatic carbocycles. The first-order valence-electron chi connectivity index (χ1n) is 9.36. The summed E-state index contributed by atoms with van der Waals surface area (Å²) in [4.78, 5) is 12.4. The Morgan fingerprint density at radius 2 is 1.89 bits per heavy atom. The second-order valence-electron chi connectivity index (χ2n) is 7.57. The van der Waals surface area contributed by atoms with Crippen molar-refractivity contribution in [1.82, 2.24) is 4.31 Å². The molecule has 3 N–H and O–H groups in total. The summed E-state index contributed by atoms with van der Waals surface area (Å²) in [5.74, 6) is 0.0143. The standard InChI is InChI=1S/C19H31N3O3S.ClH/c1-14(2)12-18(20)19(23)21-15-8-7-11-17(13-15)26(24,25)22(3)16-9-5-4-6-10-16;/h7-8,11,13-14,16,18H,4-6,9-10,12,20H2,1-3H3,(H,21,23);1H/t18-;/m0./s1. The number of halogens is 1. The Bertz CT molecular complexity index is 719. The van der Waals surface area contributed by atoms with Crippen molar-refractivity contribution in [1.29, 1.82) is 0 Å². The van der Waals surface area contributed by atoms with Crippen molar-refractivity contribution in [2.24, 2.45) is 11.7 Å². The minimum atomic E-state index is -3.59. The van der Waals surface area contributed by atoms with Gasteiger partial charge in [0.1, 0.15) is 0 Å². The van der Waals surface area contributed by atoms with Gasteiger partial charge in [-0.2, -0.15) is 4.31 Å². The highest BCUT2D eigenvalue weighted by Gasteiger charge is 2.29.